The van der Waals surface area contributed by atoms with Crippen molar-refractivity contribution in [1.82, 2.24) is 0 Å². The molecule has 4 heteroatoms. The highest BCUT2D eigenvalue weighted by Crippen LogP contribution is 2.64. The van der Waals surface area contributed by atoms with Crippen molar-refractivity contribution < 1.29 is 18.7 Å². The van der Waals surface area contributed by atoms with Gasteiger partial charge in [0.15, 0.2) is 0 Å². The van der Waals surface area contributed by atoms with Crippen LogP contribution in [0.2, 0.25) is 0 Å². The number of benzene rings is 1. The molecule has 0 radical (unpaired) electrons. The summed E-state index contributed by atoms with van der Waals surface area (Å²) in [5.74, 6) is -2.69. The first-order valence-electron chi connectivity index (χ1n) is 5.73. The predicted molar refractivity (Wildman–Crippen MR) is 56.5 cm³/mol. The summed E-state index contributed by atoms with van der Waals surface area (Å²) in [5.41, 5.74) is -0.812. The van der Waals surface area contributed by atoms with Crippen molar-refractivity contribution in [2.75, 3.05) is 0 Å². The molecule has 0 saturated heterocycles. The number of carbonyl (C=O) groups is 1. The largest absolute Gasteiger partial charge is 0.481 e. The molecule has 3 aliphatic rings. The number of aliphatic carboxylic acids is 1. The zero-order valence-corrected chi connectivity index (χ0v) is 9.12. The molecule has 0 amide bonds. The maximum Gasteiger partial charge on any atom is 0.307 e. The number of halogens is 2. The summed E-state index contributed by atoms with van der Waals surface area (Å²) in [6.45, 7) is 0. The average molecular weight is 238 g/mol. The number of hydrogen-bond donors (Lipinski definition) is 1. The van der Waals surface area contributed by atoms with E-state index in [0.717, 1.165) is 6.42 Å². The Kier molecular flexibility index (Phi) is 2.06. The van der Waals surface area contributed by atoms with Crippen molar-refractivity contribution in [2.24, 2.45) is 11.8 Å². The lowest BCUT2D eigenvalue weighted by Crippen LogP contribution is -2.49. The van der Waals surface area contributed by atoms with E-state index in [1.807, 2.05) is 0 Å². The van der Waals surface area contributed by atoms with Crippen LogP contribution >= 0.6 is 0 Å². The van der Waals surface area contributed by atoms with Crippen LogP contribution in [0.4, 0.5) is 8.78 Å². The molecule has 0 aliphatic heterocycles. The number of fused-ring (bicyclic) bond motifs is 1. The number of hydrogen-bond acceptors (Lipinski definition) is 1. The van der Waals surface area contributed by atoms with Gasteiger partial charge in [0.25, 0.3) is 0 Å². The molecule has 3 saturated carbocycles. The molecule has 0 heterocycles. The highest BCUT2D eigenvalue weighted by Gasteiger charge is 2.64. The van der Waals surface area contributed by atoms with Crippen LogP contribution in [-0.4, -0.2) is 11.1 Å². The normalized spacial score (nSPS) is 34.5. The third-order valence-electron chi connectivity index (χ3n) is 4.38. The van der Waals surface area contributed by atoms with E-state index in [4.69, 9.17) is 0 Å². The smallest absolute Gasteiger partial charge is 0.307 e. The van der Waals surface area contributed by atoms with Gasteiger partial charge in [-0.1, -0.05) is 6.07 Å². The second kappa shape index (κ2) is 3.28. The van der Waals surface area contributed by atoms with Crippen molar-refractivity contribution in [3.63, 3.8) is 0 Å². The monoisotopic (exact) mass is 238 g/mol. The Morgan fingerprint density at radius 1 is 1.35 bits per heavy atom. The van der Waals surface area contributed by atoms with Gasteiger partial charge in [0, 0.05) is 11.0 Å². The van der Waals surface area contributed by atoms with Gasteiger partial charge in [-0.3, -0.25) is 4.79 Å². The zero-order chi connectivity index (χ0) is 12.2. The summed E-state index contributed by atoms with van der Waals surface area (Å²) in [7, 11) is 0. The van der Waals surface area contributed by atoms with Gasteiger partial charge in [-0.2, -0.15) is 0 Å². The third kappa shape index (κ3) is 1.21. The van der Waals surface area contributed by atoms with Gasteiger partial charge >= 0.3 is 5.97 Å². The van der Waals surface area contributed by atoms with Crippen molar-refractivity contribution >= 4 is 5.97 Å². The van der Waals surface area contributed by atoms with Crippen LogP contribution < -0.4 is 0 Å². The molecule has 2 nitrogen and oxygen atoms in total. The number of rotatable bonds is 2. The Labute approximate surface area is 97.3 Å². The van der Waals surface area contributed by atoms with Gasteiger partial charge in [0.2, 0.25) is 0 Å². The van der Waals surface area contributed by atoms with Crippen molar-refractivity contribution in [1.29, 1.82) is 0 Å². The van der Waals surface area contributed by atoms with Crippen LogP contribution in [0.3, 0.4) is 0 Å². The lowest BCUT2D eigenvalue weighted by Gasteiger charge is -2.45. The van der Waals surface area contributed by atoms with Crippen LogP contribution in [0.25, 0.3) is 0 Å². The predicted octanol–water partition coefficient (Wildman–Crippen LogP) is 2.72. The summed E-state index contributed by atoms with van der Waals surface area (Å²) in [6.07, 6.45) is 1.93. The van der Waals surface area contributed by atoms with Crippen LogP contribution in [0.5, 0.6) is 0 Å². The molecule has 2 bridgehead atoms. The van der Waals surface area contributed by atoms with Crippen LogP contribution in [0.15, 0.2) is 18.2 Å². The lowest BCUT2D eigenvalue weighted by atomic mass is 9.57. The van der Waals surface area contributed by atoms with Gasteiger partial charge < -0.3 is 5.11 Å². The van der Waals surface area contributed by atoms with Crippen LogP contribution in [0, 0.1) is 23.5 Å². The molecule has 3 fully saturated rings. The summed E-state index contributed by atoms with van der Waals surface area (Å²) >= 11 is 0. The molecule has 0 spiro atoms. The molecule has 1 N–H and O–H groups in total. The maximum absolute atomic E-state index is 13.8. The molecule has 3 aliphatic carbocycles. The van der Waals surface area contributed by atoms with E-state index >= 15 is 0 Å². The van der Waals surface area contributed by atoms with E-state index in [1.54, 1.807) is 0 Å². The fourth-order valence-corrected chi connectivity index (χ4v) is 3.77. The van der Waals surface area contributed by atoms with E-state index < -0.39 is 28.9 Å². The number of carboxylic acid groups (broad SMARTS) is 1. The Morgan fingerprint density at radius 2 is 2.00 bits per heavy atom. The SMILES string of the molecule is O=C(O)C1C2CCC1(c1c(F)cccc1F)C2. The molecule has 17 heavy (non-hydrogen) atoms. The molecule has 1 aromatic carbocycles. The first-order chi connectivity index (χ1) is 8.06. The highest BCUT2D eigenvalue weighted by atomic mass is 19.1. The third-order valence-corrected chi connectivity index (χ3v) is 4.38. The van der Waals surface area contributed by atoms with E-state index in [9.17, 15) is 18.7 Å². The molecule has 3 unspecified atom stereocenters. The summed E-state index contributed by atoms with van der Waals surface area (Å²) in [5, 5.41) is 9.18. The maximum atomic E-state index is 13.8. The molecule has 4 rings (SSSR count). The summed E-state index contributed by atoms with van der Waals surface area (Å²) in [6, 6.07) is 3.72. The molecule has 0 aromatic heterocycles. The summed E-state index contributed by atoms with van der Waals surface area (Å²) in [4.78, 5) is 11.2. The van der Waals surface area contributed by atoms with Crippen molar-refractivity contribution in [2.45, 2.75) is 24.7 Å². The Morgan fingerprint density at radius 3 is 2.53 bits per heavy atom. The van der Waals surface area contributed by atoms with E-state index in [-0.39, 0.29) is 11.5 Å². The standard InChI is InChI=1S/C13H12F2O2/c14-8-2-1-3-9(15)11(8)13-5-4-7(6-13)10(13)12(16)17/h1-3,7,10H,4-6H2,(H,16,17). The molecule has 1 aromatic rings. The van der Waals surface area contributed by atoms with Gasteiger partial charge in [-0.25, -0.2) is 8.78 Å². The molecule has 3 atom stereocenters. The molecular formula is C13H12F2O2. The van der Waals surface area contributed by atoms with Gasteiger partial charge in [0.1, 0.15) is 11.6 Å². The van der Waals surface area contributed by atoms with Crippen molar-refractivity contribution in [3.8, 4) is 0 Å². The minimum Gasteiger partial charge on any atom is -0.481 e. The average Bonchev–Trinajstić information content (AvgIpc) is 2.75. The minimum absolute atomic E-state index is 0.0128. The minimum atomic E-state index is -0.929. The first kappa shape index (κ1) is 10.7. The number of carboxylic acids is 1. The van der Waals surface area contributed by atoms with E-state index in [1.165, 1.54) is 18.2 Å². The second-order valence-electron chi connectivity index (χ2n) is 5.07. The van der Waals surface area contributed by atoms with Crippen molar-refractivity contribution in [3.05, 3.63) is 35.4 Å². The zero-order valence-electron chi connectivity index (χ0n) is 9.12. The quantitative estimate of drug-likeness (QED) is 0.860. The van der Waals surface area contributed by atoms with Crippen LogP contribution in [0.1, 0.15) is 24.8 Å². The Balaban J connectivity index is 2.13. The second-order valence-corrected chi connectivity index (χ2v) is 5.07. The van der Waals surface area contributed by atoms with Crippen LogP contribution in [-0.2, 0) is 10.2 Å². The molecular weight excluding hydrogens is 226 g/mol. The van der Waals surface area contributed by atoms with E-state index in [2.05, 4.69) is 0 Å². The topological polar surface area (TPSA) is 37.3 Å². The fourth-order valence-electron chi connectivity index (χ4n) is 3.77. The van der Waals surface area contributed by atoms with Gasteiger partial charge in [-0.05, 0) is 37.3 Å². The molecule has 90 valence electrons. The van der Waals surface area contributed by atoms with Gasteiger partial charge in [0.05, 0.1) is 5.92 Å². The lowest BCUT2D eigenvalue weighted by molar-refractivity contribution is -0.150. The Hall–Kier alpha value is -1.45. The fraction of sp³-hybridized carbons (Fsp3) is 0.462. The Bertz CT molecular complexity index is 476. The highest BCUT2D eigenvalue weighted by molar-refractivity contribution is 5.75. The first-order valence-corrected chi connectivity index (χ1v) is 5.73. The van der Waals surface area contributed by atoms with E-state index in [0.29, 0.717) is 12.8 Å². The van der Waals surface area contributed by atoms with Gasteiger partial charge in [-0.15, -0.1) is 0 Å². The summed E-state index contributed by atoms with van der Waals surface area (Å²) < 4.78 is 27.6.